The van der Waals surface area contributed by atoms with E-state index >= 15 is 0 Å². The Bertz CT molecular complexity index is 986. The second-order valence-electron chi connectivity index (χ2n) is 8.81. The predicted octanol–water partition coefficient (Wildman–Crippen LogP) is 4.05. The van der Waals surface area contributed by atoms with Crippen molar-refractivity contribution in [2.75, 3.05) is 51.2 Å². The molecule has 0 amide bonds. The van der Waals surface area contributed by atoms with Crippen LogP contribution in [-0.4, -0.2) is 65.9 Å². The number of hydrogen-bond donors (Lipinski definition) is 0. The SMILES string of the molecule is Cc1cccc(N2CCN(CCN(C)Cc3cc(C)n(-c4ccccc4)n3)CC2)c1C. The van der Waals surface area contributed by atoms with Gasteiger partial charge in [0, 0.05) is 57.2 Å². The van der Waals surface area contributed by atoms with E-state index in [1.165, 1.54) is 22.5 Å². The van der Waals surface area contributed by atoms with Gasteiger partial charge in [-0.25, -0.2) is 4.68 Å². The predicted molar refractivity (Wildman–Crippen MR) is 129 cm³/mol. The number of aryl methyl sites for hydroxylation is 2. The van der Waals surface area contributed by atoms with Crippen molar-refractivity contribution in [3.8, 4) is 5.69 Å². The molecule has 0 radical (unpaired) electrons. The zero-order valence-electron chi connectivity index (χ0n) is 19.4. The maximum absolute atomic E-state index is 4.83. The fraction of sp³-hybridized carbons (Fsp3) is 0.423. The first-order valence-electron chi connectivity index (χ1n) is 11.3. The Kier molecular flexibility index (Phi) is 6.73. The number of aromatic nitrogens is 2. The largest absolute Gasteiger partial charge is 0.369 e. The lowest BCUT2D eigenvalue weighted by atomic mass is 10.1. The molecule has 1 aliphatic rings. The van der Waals surface area contributed by atoms with Crippen LogP contribution in [0.15, 0.2) is 54.6 Å². The van der Waals surface area contributed by atoms with Crippen molar-refractivity contribution >= 4 is 5.69 Å². The quantitative estimate of drug-likeness (QED) is 0.580. The van der Waals surface area contributed by atoms with Crippen molar-refractivity contribution in [2.24, 2.45) is 0 Å². The lowest BCUT2D eigenvalue weighted by Crippen LogP contribution is -2.48. The van der Waals surface area contributed by atoms with Crippen molar-refractivity contribution in [3.05, 3.63) is 77.1 Å². The summed E-state index contributed by atoms with van der Waals surface area (Å²) in [5, 5.41) is 4.83. The molecule has 1 fully saturated rings. The van der Waals surface area contributed by atoms with Crippen LogP contribution in [0.2, 0.25) is 0 Å². The molecule has 0 bridgehead atoms. The van der Waals surface area contributed by atoms with Gasteiger partial charge in [0.25, 0.3) is 0 Å². The summed E-state index contributed by atoms with van der Waals surface area (Å²) >= 11 is 0. The first-order chi connectivity index (χ1) is 15.0. The molecule has 1 aromatic heterocycles. The maximum Gasteiger partial charge on any atom is 0.0771 e. The Hall–Kier alpha value is -2.63. The van der Waals surface area contributed by atoms with Gasteiger partial charge in [-0.15, -0.1) is 0 Å². The van der Waals surface area contributed by atoms with E-state index in [9.17, 15) is 0 Å². The summed E-state index contributed by atoms with van der Waals surface area (Å²) in [6.45, 7) is 14.1. The third-order valence-corrected chi connectivity index (χ3v) is 6.46. The fourth-order valence-corrected chi connectivity index (χ4v) is 4.40. The standard InChI is InChI=1S/C26H35N5/c1-21-9-8-12-26(23(21)3)30-17-15-29(16-18-30)14-13-28(4)20-24-19-22(2)31(27-24)25-10-6-5-7-11-25/h5-12,19H,13-18,20H2,1-4H3. The van der Waals surface area contributed by atoms with E-state index in [2.05, 4.69) is 91.0 Å². The number of benzene rings is 2. The highest BCUT2D eigenvalue weighted by atomic mass is 15.3. The number of hydrogen-bond acceptors (Lipinski definition) is 4. The molecule has 0 atom stereocenters. The smallest absolute Gasteiger partial charge is 0.0771 e. The van der Waals surface area contributed by atoms with Crippen molar-refractivity contribution in [3.63, 3.8) is 0 Å². The zero-order chi connectivity index (χ0) is 21.8. The Morgan fingerprint density at radius 2 is 1.65 bits per heavy atom. The Labute approximate surface area is 186 Å². The minimum absolute atomic E-state index is 0.878. The summed E-state index contributed by atoms with van der Waals surface area (Å²) < 4.78 is 2.04. The molecule has 164 valence electrons. The van der Waals surface area contributed by atoms with Crippen LogP contribution >= 0.6 is 0 Å². The molecular weight excluding hydrogens is 382 g/mol. The van der Waals surface area contributed by atoms with Crippen LogP contribution < -0.4 is 4.90 Å². The van der Waals surface area contributed by atoms with Crippen LogP contribution in [0.3, 0.4) is 0 Å². The number of rotatable bonds is 7. The van der Waals surface area contributed by atoms with Gasteiger partial charge in [-0.1, -0.05) is 30.3 Å². The topological polar surface area (TPSA) is 27.5 Å². The number of anilines is 1. The molecule has 1 aliphatic heterocycles. The van der Waals surface area contributed by atoms with Gasteiger partial charge in [-0.2, -0.15) is 5.10 Å². The molecule has 2 aromatic carbocycles. The Balaban J connectivity index is 1.26. The van der Waals surface area contributed by atoms with E-state index in [1.807, 2.05) is 10.7 Å². The van der Waals surface area contributed by atoms with Gasteiger partial charge in [0.1, 0.15) is 0 Å². The molecule has 5 nitrogen and oxygen atoms in total. The van der Waals surface area contributed by atoms with E-state index in [4.69, 9.17) is 5.10 Å². The van der Waals surface area contributed by atoms with Crippen molar-refractivity contribution in [2.45, 2.75) is 27.3 Å². The molecule has 0 spiro atoms. The summed E-state index contributed by atoms with van der Waals surface area (Å²) in [7, 11) is 2.20. The second kappa shape index (κ2) is 9.67. The summed E-state index contributed by atoms with van der Waals surface area (Å²) in [5.74, 6) is 0. The fourth-order valence-electron chi connectivity index (χ4n) is 4.40. The van der Waals surface area contributed by atoms with Gasteiger partial charge in [0.2, 0.25) is 0 Å². The van der Waals surface area contributed by atoms with Crippen molar-refractivity contribution < 1.29 is 0 Å². The lowest BCUT2D eigenvalue weighted by Gasteiger charge is -2.37. The van der Waals surface area contributed by atoms with E-state index < -0.39 is 0 Å². The van der Waals surface area contributed by atoms with Gasteiger partial charge in [-0.3, -0.25) is 9.80 Å². The van der Waals surface area contributed by atoms with Crippen LogP contribution in [0, 0.1) is 20.8 Å². The molecule has 0 saturated carbocycles. The third kappa shape index (κ3) is 5.17. The molecule has 3 aromatic rings. The maximum atomic E-state index is 4.83. The highest BCUT2D eigenvalue weighted by molar-refractivity contribution is 5.56. The zero-order valence-corrected chi connectivity index (χ0v) is 19.4. The third-order valence-electron chi connectivity index (χ3n) is 6.46. The average molecular weight is 418 g/mol. The highest BCUT2D eigenvalue weighted by Crippen LogP contribution is 2.23. The van der Waals surface area contributed by atoms with Crippen LogP contribution in [0.5, 0.6) is 0 Å². The normalized spacial score (nSPS) is 15.1. The minimum Gasteiger partial charge on any atom is -0.369 e. The van der Waals surface area contributed by atoms with Gasteiger partial charge in [-0.05, 0) is 63.2 Å². The Morgan fingerprint density at radius 1 is 0.903 bits per heavy atom. The molecule has 31 heavy (non-hydrogen) atoms. The minimum atomic E-state index is 0.878. The van der Waals surface area contributed by atoms with Crippen molar-refractivity contribution in [1.29, 1.82) is 0 Å². The average Bonchev–Trinajstić information content (AvgIpc) is 3.15. The molecule has 0 aliphatic carbocycles. The Morgan fingerprint density at radius 3 is 2.39 bits per heavy atom. The number of piperazine rings is 1. The number of likely N-dealkylation sites (N-methyl/N-ethyl adjacent to an activating group) is 1. The highest BCUT2D eigenvalue weighted by Gasteiger charge is 2.19. The van der Waals surface area contributed by atoms with E-state index in [-0.39, 0.29) is 0 Å². The van der Waals surface area contributed by atoms with Gasteiger partial charge >= 0.3 is 0 Å². The monoisotopic (exact) mass is 417 g/mol. The van der Waals surface area contributed by atoms with Gasteiger partial charge < -0.3 is 4.90 Å². The van der Waals surface area contributed by atoms with E-state index in [0.29, 0.717) is 0 Å². The molecule has 2 heterocycles. The molecule has 0 N–H and O–H groups in total. The van der Waals surface area contributed by atoms with Crippen LogP contribution in [0.4, 0.5) is 5.69 Å². The number of nitrogens with zero attached hydrogens (tertiary/aromatic N) is 5. The molecular formula is C26H35N5. The van der Waals surface area contributed by atoms with E-state index in [0.717, 1.165) is 57.2 Å². The van der Waals surface area contributed by atoms with Crippen LogP contribution in [0.25, 0.3) is 5.69 Å². The first kappa shape index (κ1) is 21.6. The van der Waals surface area contributed by atoms with Crippen LogP contribution in [0.1, 0.15) is 22.5 Å². The lowest BCUT2D eigenvalue weighted by molar-refractivity contribution is 0.211. The van der Waals surface area contributed by atoms with Gasteiger partial charge in [0.15, 0.2) is 0 Å². The van der Waals surface area contributed by atoms with Gasteiger partial charge in [0.05, 0.1) is 11.4 Å². The van der Waals surface area contributed by atoms with E-state index in [1.54, 1.807) is 0 Å². The molecule has 5 heteroatoms. The van der Waals surface area contributed by atoms with Crippen LogP contribution in [-0.2, 0) is 6.54 Å². The van der Waals surface area contributed by atoms with Crippen molar-refractivity contribution in [1.82, 2.24) is 19.6 Å². The first-order valence-corrected chi connectivity index (χ1v) is 11.3. The second-order valence-corrected chi connectivity index (χ2v) is 8.81. The molecule has 1 saturated heterocycles. The number of para-hydroxylation sites is 1. The summed E-state index contributed by atoms with van der Waals surface area (Å²) in [5.41, 5.74) is 7.63. The summed E-state index contributed by atoms with van der Waals surface area (Å²) in [4.78, 5) is 7.52. The molecule has 4 rings (SSSR count). The molecule has 0 unspecified atom stereocenters. The summed E-state index contributed by atoms with van der Waals surface area (Å²) in [6.07, 6.45) is 0. The summed E-state index contributed by atoms with van der Waals surface area (Å²) in [6, 6.07) is 19.2.